The Kier molecular flexibility index (Phi) is 6.46. The fraction of sp³-hybridized carbons (Fsp3) is 0.273. The molecule has 0 amide bonds. The summed E-state index contributed by atoms with van der Waals surface area (Å²) >= 11 is 0. The summed E-state index contributed by atoms with van der Waals surface area (Å²) in [6, 6.07) is 9.20. The van der Waals surface area contributed by atoms with E-state index >= 15 is 0 Å². The predicted octanol–water partition coefficient (Wildman–Crippen LogP) is 3.66. The van der Waals surface area contributed by atoms with E-state index in [1.165, 1.54) is 0 Å². The maximum Gasteiger partial charge on any atom is 0.257 e. The van der Waals surface area contributed by atoms with Gasteiger partial charge in [-0.05, 0) is 45.0 Å². The van der Waals surface area contributed by atoms with Crippen molar-refractivity contribution >= 4 is 17.1 Å². The van der Waals surface area contributed by atoms with E-state index < -0.39 is 0 Å². The molecule has 0 saturated heterocycles. The Morgan fingerprint density at radius 1 is 1.30 bits per heavy atom. The fourth-order valence-corrected chi connectivity index (χ4v) is 3.08. The first-order chi connectivity index (χ1) is 14.4. The Bertz CT molecular complexity index is 1110. The first-order valence-corrected chi connectivity index (χ1v) is 9.67. The number of rotatable bonds is 8. The molecular weight excluding hydrogens is 380 g/mol. The summed E-state index contributed by atoms with van der Waals surface area (Å²) in [5.74, 6) is 0.542. The van der Waals surface area contributed by atoms with E-state index in [0.717, 1.165) is 16.9 Å². The third-order valence-corrected chi connectivity index (χ3v) is 4.41. The van der Waals surface area contributed by atoms with Crippen LogP contribution in [0.4, 0.5) is 11.4 Å². The molecule has 4 N–H and O–H groups in total. The van der Waals surface area contributed by atoms with Crippen molar-refractivity contribution in [2.24, 2.45) is 0 Å². The first-order valence-electron chi connectivity index (χ1n) is 9.67. The summed E-state index contributed by atoms with van der Waals surface area (Å²) < 4.78 is 5.34. The topological polar surface area (TPSA) is 116 Å². The third-order valence-electron chi connectivity index (χ3n) is 4.41. The summed E-state index contributed by atoms with van der Waals surface area (Å²) in [6.45, 7) is 6.18. The minimum atomic E-state index is -0.233. The average molecular weight is 406 g/mol. The summed E-state index contributed by atoms with van der Waals surface area (Å²) in [7, 11) is 1.58. The number of hydrogen-bond donors (Lipinski definition) is 4. The van der Waals surface area contributed by atoms with Crippen LogP contribution in [0.2, 0.25) is 0 Å². The van der Waals surface area contributed by atoms with Gasteiger partial charge >= 0.3 is 0 Å². The number of ether oxygens (including phenoxy) is 1. The van der Waals surface area contributed by atoms with Crippen molar-refractivity contribution in [3.8, 4) is 17.1 Å². The second kappa shape index (κ2) is 9.21. The minimum Gasteiger partial charge on any atom is -0.481 e. The molecular formula is C22H26N6O2. The Labute approximate surface area is 175 Å². The highest BCUT2D eigenvalue weighted by Crippen LogP contribution is 2.31. The van der Waals surface area contributed by atoms with Crippen LogP contribution in [0.5, 0.6) is 5.88 Å². The number of H-pyrrole nitrogens is 1. The Morgan fingerprint density at radius 2 is 2.10 bits per heavy atom. The van der Waals surface area contributed by atoms with Crippen LogP contribution in [0.15, 0.2) is 47.5 Å². The molecule has 8 nitrogen and oxygen atoms in total. The quantitative estimate of drug-likeness (QED) is 0.424. The first kappa shape index (κ1) is 21.0. The van der Waals surface area contributed by atoms with Crippen LogP contribution in [0, 0.1) is 5.41 Å². The number of aromatic amines is 1. The number of hydrogen-bond acceptors (Lipinski definition) is 7. The third kappa shape index (κ3) is 4.65. The van der Waals surface area contributed by atoms with Crippen molar-refractivity contribution in [1.82, 2.24) is 15.0 Å². The van der Waals surface area contributed by atoms with Gasteiger partial charge in [-0.2, -0.15) is 0 Å². The summed E-state index contributed by atoms with van der Waals surface area (Å²) in [4.78, 5) is 23.9. The lowest BCUT2D eigenvalue weighted by molar-refractivity contribution is 0.393. The summed E-state index contributed by atoms with van der Waals surface area (Å²) in [6.07, 6.45) is 3.26. The normalized spacial score (nSPS) is 10.7. The highest BCUT2D eigenvalue weighted by molar-refractivity contribution is 6.03. The Balaban J connectivity index is 2.11. The number of aromatic nitrogens is 3. The van der Waals surface area contributed by atoms with Gasteiger partial charge in [0.15, 0.2) is 0 Å². The zero-order valence-corrected chi connectivity index (χ0v) is 17.5. The maximum absolute atomic E-state index is 12.3. The number of anilines is 2. The number of pyridine rings is 3. The van der Waals surface area contributed by atoms with Gasteiger partial charge in [-0.15, -0.1) is 0 Å². The molecule has 0 aliphatic rings. The lowest BCUT2D eigenvalue weighted by Crippen LogP contribution is -2.18. The molecule has 30 heavy (non-hydrogen) atoms. The molecule has 3 heterocycles. The Morgan fingerprint density at radius 3 is 2.77 bits per heavy atom. The van der Waals surface area contributed by atoms with Crippen LogP contribution in [-0.2, 0) is 6.54 Å². The van der Waals surface area contributed by atoms with E-state index in [2.05, 4.69) is 25.6 Å². The second-order valence-electron chi connectivity index (χ2n) is 7.14. The maximum atomic E-state index is 12.3. The zero-order valence-electron chi connectivity index (χ0n) is 17.5. The number of nitrogens with zero attached hydrogens (tertiary/aromatic N) is 2. The van der Waals surface area contributed by atoms with E-state index in [-0.39, 0.29) is 11.6 Å². The van der Waals surface area contributed by atoms with E-state index in [0.29, 0.717) is 35.1 Å². The zero-order chi connectivity index (χ0) is 21.7. The lowest BCUT2D eigenvalue weighted by atomic mass is 10.1. The monoisotopic (exact) mass is 406 g/mol. The van der Waals surface area contributed by atoms with Crippen LogP contribution in [0.25, 0.3) is 11.3 Å². The molecule has 0 aliphatic heterocycles. The van der Waals surface area contributed by atoms with Gasteiger partial charge in [0.2, 0.25) is 5.88 Å². The van der Waals surface area contributed by atoms with E-state index in [4.69, 9.17) is 10.1 Å². The molecule has 0 aromatic carbocycles. The lowest BCUT2D eigenvalue weighted by Gasteiger charge is -2.20. The highest BCUT2D eigenvalue weighted by atomic mass is 16.5. The summed E-state index contributed by atoms with van der Waals surface area (Å²) in [5.41, 5.74) is 3.84. The smallest absolute Gasteiger partial charge is 0.257 e. The molecule has 3 rings (SSSR count). The molecule has 0 spiro atoms. The molecule has 0 saturated carbocycles. The molecule has 156 valence electrons. The molecule has 0 unspecified atom stereocenters. The van der Waals surface area contributed by atoms with Gasteiger partial charge in [0.05, 0.1) is 35.5 Å². The van der Waals surface area contributed by atoms with Gasteiger partial charge in [0.25, 0.3) is 5.56 Å². The van der Waals surface area contributed by atoms with E-state index in [1.807, 2.05) is 32.0 Å². The van der Waals surface area contributed by atoms with Crippen molar-refractivity contribution in [3.05, 3.63) is 64.3 Å². The highest BCUT2D eigenvalue weighted by Gasteiger charge is 2.18. The van der Waals surface area contributed by atoms with Crippen molar-refractivity contribution in [2.75, 3.05) is 17.7 Å². The van der Waals surface area contributed by atoms with Gasteiger partial charge in [-0.1, -0.05) is 6.07 Å². The molecule has 0 aliphatic carbocycles. The number of nitrogens with one attached hydrogen (secondary N) is 4. The average Bonchev–Trinajstić information content (AvgIpc) is 2.73. The van der Waals surface area contributed by atoms with Gasteiger partial charge in [-0.3, -0.25) is 4.79 Å². The molecule has 3 aromatic rings. The van der Waals surface area contributed by atoms with Crippen molar-refractivity contribution in [2.45, 2.75) is 33.4 Å². The summed E-state index contributed by atoms with van der Waals surface area (Å²) in [5, 5.41) is 15.0. The molecule has 3 aromatic heterocycles. The second-order valence-corrected chi connectivity index (χ2v) is 7.14. The van der Waals surface area contributed by atoms with E-state index in [9.17, 15) is 4.79 Å². The molecule has 0 bridgehead atoms. The van der Waals surface area contributed by atoms with Crippen molar-refractivity contribution < 1.29 is 4.74 Å². The van der Waals surface area contributed by atoms with Crippen LogP contribution in [0.3, 0.4) is 0 Å². The molecule has 0 fully saturated rings. The van der Waals surface area contributed by atoms with Gasteiger partial charge in [0, 0.05) is 30.5 Å². The van der Waals surface area contributed by atoms with E-state index in [1.54, 1.807) is 38.6 Å². The fourth-order valence-electron chi connectivity index (χ4n) is 3.08. The SMILES string of the molecule is COc1ncccc1CNc1cc(-c2ccc[nH]c2=O)nc(C(C)=N)c1NC(C)C. The van der Waals surface area contributed by atoms with Gasteiger partial charge < -0.3 is 25.8 Å². The van der Waals surface area contributed by atoms with Gasteiger partial charge in [-0.25, -0.2) is 9.97 Å². The van der Waals surface area contributed by atoms with Crippen LogP contribution < -0.4 is 20.9 Å². The molecule has 8 heteroatoms. The molecule has 0 radical (unpaired) electrons. The predicted molar refractivity (Wildman–Crippen MR) is 120 cm³/mol. The van der Waals surface area contributed by atoms with Crippen molar-refractivity contribution in [1.29, 1.82) is 5.41 Å². The largest absolute Gasteiger partial charge is 0.481 e. The Hall–Kier alpha value is -3.68. The number of methoxy groups -OCH3 is 1. The van der Waals surface area contributed by atoms with Crippen LogP contribution >= 0.6 is 0 Å². The minimum absolute atomic E-state index is 0.129. The van der Waals surface area contributed by atoms with Crippen LogP contribution in [-0.4, -0.2) is 33.8 Å². The van der Waals surface area contributed by atoms with Crippen molar-refractivity contribution in [3.63, 3.8) is 0 Å². The van der Waals surface area contributed by atoms with Crippen LogP contribution in [0.1, 0.15) is 32.0 Å². The molecule has 0 atom stereocenters. The standard InChI is InChI=1S/C22H26N6O2/c1-13(2)27-20-18(26-12-15-7-5-10-25-22(15)30-4)11-17(28-19(20)14(3)23)16-8-6-9-24-21(16)29/h5-11,13,23,27H,12H2,1-4H3,(H,24,29)(H,26,28). The van der Waals surface area contributed by atoms with Gasteiger partial charge in [0.1, 0.15) is 5.69 Å².